The smallest absolute Gasteiger partial charge is 0.220 e. The topological polar surface area (TPSA) is 78.4 Å². The number of hydrogen-bond acceptors (Lipinski definition) is 6. The lowest BCUT2D eigenvalue weighted by Crippen LogP contribution is -2.01. The molecule has 1 aromatic heterocycles. The highest BCUT2D eigenvalue weighted by Crippen LogP contribution is 2.28. The van der Waals surface area contributed by atoms with Crippen LogP contribution in [0.25, 0.3) is 11.4 Å². The van der Waals surface area contributed by atoms with Crippen molar-refractivity contribution in [2.75, 3.05) is 6.26 Å². The van der Waals surface area contributed by atoms with E-state index < -0.39 is 9.84 Å². The summed E-state index contributed by atoms with van der Waals surface area (Å²) in [5.74, 6) is 2.06. The molecule has 3 aromatic carbocycles. The first-order valence-electron chi connectivity index (χ1n) is 9.88. The lowest BCUT2D eigenvalue weighted by molar-refractivity contribution is 0.291. The summed E-state index contributed by atoms with van der Waals surface area (Å²) in [6.07, 6.45) is 2.89. The third kappa shape index (κ3) is 5.31. The fraction of sp³-hybridized carbons (Fsp3) is 0.120. The van der Waals surface area contributed by atoms with Crippen LogP contribution >= 0.6 is 0 Å². The van der Waals surface area contributed by atoms with Crippen molar-refractivity contribution in [1.29, 1.82) is 0 Å². The third-order valence-corrected chi connectivity index (χ3v) is 5.78. The van der Waals surface area contributed by atoms with E-state index in [-0.39, 0.29) is 4.90 Å². The van der Waals surface area contributed by atoms with Crippen molar-refractivity contribution in [2.45, 2.75) is 18.4 Å². The predicted molar refractivity (Wildman–Crippen MR) is 121 cm³/mol. The Bertz CT molecular complexity index is 1320. The summed E-state index contributed by atoms with van der Waals surface area (Å²) in [4.78, 5) is 9.22. The van der Waals surface area contributed by atoms with E-state index in [1.165, 1.54) is 18.4 Å². The number of nitrogens with zero attached hydrogens (tertiary/aromatic N) is 2. The number of benzene rings is 3. The van der Waals surface area contributed by atoms with Crippen LogP contribution in [0.2, 0.25) is 0 Å². The molecule has 1 heterocycles. The zero-order valence-corrected chi connectivity index (χ0v) is 18.5. The zero-order chi connectivity index (χ0) is 22.6. The average Bonchev–Trinajstić information content (AvgIpc) is 2.79. The summed E-state index contributed by atoms with van der Waals surface area (Å²) >= 11 is 0. The maximum Gasteiger partial charge on any atom is 0.220 e. The van der Waals surface area contributed by atoms with E-state index in [1.54, 1.807) is 36.5 Å². The molecule has 0 saturated carbocycles. The molecule has 0 amide bonds. The lowest BCUT2D eigenvalue weighted by Gasteiger charge is -2.11. The van der Waals surface area contributed by atoms with Crippen molar-refractivity contribution >= 4 is 9.84 Å². The fourth-order valence-corrected chi connectivity index (χ4v) is 3.60. The van der Waals surface area contributed by atoms with E-state index in [0.29, 0.717) is 29.8 Å². The summed E-state index contributed by atoms with van der Waals surface area (Å²) in [5.41, 5.74) is 2.62. The maximum absolute atomic E-state index is 11.6. The molecule has 0 N–H and O–H groups in total. The van der Waals surface area contributed by atoms with Gasteiger partial charge in [0.2, 0.25) is 5.88 Å². The second-order valence-electron chi connectivity index (χ2n) is 7.26. The minimum Gasteiger partial charge on any atom is -0.473 e. The Morgan fingerprint density at radius 3 is 2.44 bits per heavy atom. The second kappa shape index (κ2) is 9.20. The van der Waals surface area contributed by atoms with Crippen molar-refractivity contribution in [1.82, 2.24) is 9.97 Å². The third-order valence-electron chi connectivity index (χ3n) is 4.65. The minimum atomic E-state index is -3.26. The van der Waals surface area contributed by atoms with Crippen LogP contribution in [-0.2, 0) is 16.4 Å². The Morgan fingerprint density at radius 1 is 0.969 bits per heavy atom. The highest BCUT2D eigenvalue weighted by molar-refractivity contribution is 7.90. The Hall–Kier alpha value is -3.71. The molecule has 0 saturated heterocycles. The van der Waals surface area contributed by atoms with Crippen molar-refractivity contribution in [2.24, 2.45) is 0 Å². The molecule has 6 nitrogen and oxygen atoms in total. The number of rotatable bonds is 7. The van der Waals surface area contributed by atoms with Crippen LogP contribution in [0, 0.1) is 13.0 Å². The number of aryl methyl sites for hydroxylation is 1. The number of hydrogen-bond donors (Lipinski definition) is 0. The molecular formula is C25H21N2O4S. The second-order valence-corrected chi connectivity index (χ2v) is 9.27. The standard InChI is InChI=1S/C25H21N2O4S/c1-18-16-26-24(27-25(18)30-17-19-7-4-3-5-8-19)20-9-6-10-22(15-20)31-21-11-13-23(14-12-21)32(2,28)29/h3-5,7-16H,17H2,1-2H3. The zero-order valence-electron chi connectivity index (χ0n) is 17.6. The first-order valence-corrected chi connectivity index (χ1v) is 11.8. The van der Waals surface area contributed by atoms with Gasteiger partial charge >= 0.3 is 0 Å². The molecule has 32 heavy (non-hydrogen) atoms. The highest BCUT2D eigenvalue weighted by Gasteiger charge is 2.10. The highest BCUT2D eigenvalue weighted by atomic mass is 32.2. The van der Waals surface area contributed by atoms with Crippen LogP contribution in [0.3, 0.4) is 0 Å². The van der Waals surface area contributed by atoms with Gasteiger partial charge in [-0.15, -0.1) is 0 Å². The van der Waals surface area contributed by atoms with Gasteiger partial charge in [0.25, 0.3) is 0 Å². The van der Waals surface area contributed by atoms with Crippen molar-refractivity contribution in [3.05, 3.63) is 96.2 Å². The van der Waals surface area contributed by atoms with E-state index in [1.807, 2.05) is 37.3 Å². The quantitative estimate of drug-likeness (QED) is 0.397. The number of aromatic nitrogens is 2. The first kappa shape index (κ1) is 21.5. The maximum atomic E-state index is 11.6. The van der Waals surface area contributed by atoms with Gasteiger partial charge in [0, 0.05) is 23.6 Å². The van der Waals surface area contributed by atoms with Gasteiger partial charge in [-0.3, -0.25) is 0 Å². The molecular weight excluding hydrogens is 424 g/mol. The summed E-state index contributed by atoms with van der Waals surface area (Å²) in [5, 5.41) is 0. The molecule has 4 aromatic rings. The van der Waals surface area contributed by atoms with E-state index in [9.17, 15) is 8.42 Å². The molecule has 0 unspecified atom stereocenters. The summed E-state index contributed by atoms with van der Waals surface area (Å²) in [7, 11) is -3.26. The van der Waals surface area contributed by atoms with Gasteiger partial charge in [-0.1, -0.05) is 30.3 Å². The largest absolute Gasteiger partial charge is 0.473 e. The molecule has 1 radical (unpaired) electrons. The van der Waals surface area contributed by atoms with Crippen LogP contribution in [0.15, 0.2) is 83.9 Å². The molecule has 0 aliphatic heterocycles. The lowest BCUT2D eigenvalue weighted by atomic mass is 10.2. The minimum absolute atomic E-state index is 0.237. The van der Waals surface area contributed by atoms with Crippen LogP contribution in [0.5, 0.6) is 17.4 Å². The molecule has 0 atom stereocenters. The van der Waals surface area contributed by atoms with Gasteiger partial charge in [0.15, 0.2) is 15.7 Å². The SMILES string of the molecule is Cc1cnc(-c2c[c]cc(Oc3ccc(S(C)(=O)=O)cc3)c2)nc1OCc1ccccc1. The normalized spacial score (nSPS) is 11.2. The van der Waals surface area contributed by atoms with Gasteiger partial charge in [-0.05, 0) is 61.0 Å². The van der Waals surface area contributed by atoms with Crippen LogP contribution in [0.1, 0.15) is 11.1 Å². The Labute approximate surface area is 187 Å². The summed E-state index contributed by atoms with van der Waals surface area (Å²) < 4.78 is 35.0. The van der Waals surface area contributed by atoms with Gasteiger partial charge in [-0.2, -0.15) is 4.98 Å². The first-order chi connectivity index (χ1) is 15.4. The molecule has 4 rings (SSSR count). The Kier molecular flexibility index (Phi) is 6.18. The summed E-state index contributed by atoms with van der Waals surface area (Å²) in [6.45, 7) is 2.31. The van der Waals surface area contributed by atoms with E-state index >= 15 is 0 Å². The van der Waals surface area contributed by atoms with Gasteiger partial charge in [0.05, 0.1) is 4.90 Å². The fourth-order valence-electron chi connectivity index (χ4n) is 2.97. The Balaban J connectivity index is 1.52. The summed E-state index contributed by atoms with van der Waals surface area (Å²) in [6, 6.07) is 24.4. The van der Waals surface area contributed by atoms with Gasteiger partial charge in [-0.25, -0.2) is 13.4 Å². The van der Waals surface area contributed by atoms with E-state index in [2.05, 4.69) is 16.0 Å². The van der Waals surface area contributed by atoms with Gasteiger partial charge in [0.1, 0.15) is 18.1 Å². The van der Waals surface area contributed by atoms with Crippen LogP contribution in [-0.4, -0.2) is 24.6 Å². The van der Waals surface area contributed by atoms with Crippen molar-refractivity contribution in [3.63, 3.8) is 0 Å². The van der Waals surface area contributed by atoms with E-state index in [0.717, 1.165) is 16.7 Å². The Morgan fingerprint density at radius 2 is 1.72 bits per heavy atom. The van der Waals surface area contributed by atoms with Crippen LogP contribution in [0.4, 0.5) is 0 Å². The van der Waals surface area contributed by atoms with Gasteiger partial charge < -0.3 is 9.47 Å². The molecule has 0 aliphatic carbocycles. The molecule has 0 aliphatic rings. The predicted octanol–water partition coefficient (Wildman–Crippen LogP) is 5.03. The van der Waals surface area contributed by atoms with Crippen LogP contribution < -0.4 is 9.47 Å². The van der Waals surface area contributed by atoms with Crippen molar-refractivity contribution < 1.29 is 17.9 Å². The number of sulfone groups is 1. The number of ether oxygens (including phenoxy) is 2. The van der Waals surface area contributed by atoms with E-state index in [4.69, 9.17) is 9.47 Å². The molecule has 0 bridgehead atoms. The average molecular weight is 446 g/mol. The molecule has 161 valence electrons. The molecule has 0 spiro atoms. The molecule has 7 heteroatoms. The monoisotopic (exact) mass is 445 g/mol. The van der Waals surface area contributed by atoms with Crippen molar-refractivity contribution in [3.8, 4) is 28.8 Å². The molecule has 0 fully saturated rings.